The summed E-state index contributed by atoms with van der Waals surface area (Å²) in [5, 5.41) is 12.2. The predicted octanol–water partition coefficient (Wildman–Crippen LogP) is 3.93. The van der Waals surface area contributed by atoms with E-state index in [1.54, 1.807) is 30.3 Å². The van der Waals surface area contributed by atoms with Crippen LogP contribution in [-0.4, -0.2) is 18.0 Å². The van der Waals surface area contributed by atoms with Crippen LogP contribution >= 0.6 is 0 Å². The molecule has 1 aliphatic heterocycles. The van der Waals surface area contributed by atoms with Crippen LogP contribution < -0.4 is 15.0 Å². The Kier molecular flexibility index (Phi) is 4.65. The summed E-state index contributed by atoms with van der Waals surface area (Å²) >= 11 is 0. The SMILES string of the molecule is COc1cccc(N2C(=O)c3cccnc3[C@H]2Nc2ccc(CC#N)cc2)c1. The molecular formula is C22H18N4O2. The normalized spacial score (nSPS) is 15.1. The molecule has 0 fully saturated rings. The number of pyridine rings is 1. The van der Waals surface area contributed by atoms with Crippen molar-refractivity contribution in [3.05, 3.63) is 83.7 Å². The van der Waals surface area contributed by atoms with E-state index >= 15 is 0 Å². The first-order chi connectivity index (χ1) is 13.7. The standard InChI is InChI=1S/C22H18N4O2/c1-28-18-5-2-4-17(14-18)26-21(20-19(22(26)27)6-3-13-24-20)25-16-9-7-15(8-10-16)11-12-23/h2-10,13-14,21,25H,11H2,1H3/t21-/m0/s1. The lowest BCUT2D eigenvalue weighted by atomic mass is 10.1. The Morgan fingerprint density at radius 3 is 2.75 bits per heavy atom. The maximum Gasteiger partial charge on any atom is 0.262 e. The number of nitrogens with zero attached hydrogens (tertiary/aromatic N) is 3. The molecule has 1 aromatic heterocycles. The quantitative estimate of drug-likeness (QED) is 0.736. The van der Waals surface area contributed by atoms with Crippen molar-refractivity contribution in [1.82, 2.24) is 4.98 Å². The Bertz CT molecular complexity index is 1060. The fourth-order valence-electron chi connectivity index (χ4n) is 3.31. The monoisotopic (exact) mass is 370 g/mol. The zero-order valence-electron chi connectivity index (χ0n) is 15.3. The van der Waals surface area contributed by atoms with Crippen LogP contribution in [0.15, 0.2) is 66.9 Å². The highest BCUT2D eigenvalue weighted by molar-refractivity contribution is 6.11. The van der Waals surface area contributed by atoms with Crippen LogP contribution in [0.2, 0.25) is 0 Å². The molecule has 1 N–H and O–H groups in total. The molecule has 3 aromatic rings. The molecule has 1 amide bonds. The molecule has 138 valence electrons. The minimum atomic E-state index is -0.447. The summed E-state index contributed by atoms with van der Waals surface area (Å²) in [4.78, 5) is 19.2. The number of nitrogens with one attached hydrogen (secondary N) is 1. The Labute approximate surface area is 163 Å². The molecule has 2 heterocycles. The van der Waals surface area contributed by atoms with E-state index < -0.39 is 6.17 Å². The number of anilines is 2. The van der Waals surface area contributed by atoms with Gasteiger partial charge in [-0.15, -0.1) is 0 Å². The summed E-state index contributed by atoms with van der Waals surface area (Å²) in [7, 11) is 1.60. The largest absolute Gasteiger partial charge is 0.497 e. The summed E-state index contributed by atoms with van der Waals surface area (Å²) < 4.78 is 5.32. The molecule has 0 unspecified atom stereocenters. The number of fused-ring (bicyclic) bond motifs is 1. The number of carbonyl (C=O) groups is 1. The topological polar surface area (TPSA) is 78.2 Å². The lowest BCUT2D eigenvalue weighted by Gasteiger charge is -2.27. The van der Waals surface area contributed by atoms with Crippen molar-refractivity contribution in [2.45, 2.75) is 12.6 Å². The molecule has 0 spiro atoms. The van der Waals surface area contributed by atoms with Gasteiger partial charge >= 0.3 is 0 Å². The van der Waals surface area contributed by atoms with Gasteiger partial charge in [0.2, 0.25) is 0 Å². The summed E-state index contributed by atoms with van der Waals surface area (Å²) in [6.45, 7) is 0. The molecule has 0 radical (unpaired) electrons. The van der Waals surface area contributed by atoms with Gasteiger partial charge in [-0.1, -0.05) is 18.2 Å². The molecule has 6 heteroatoms. The van der Waals surface area contributed by atoms with Gasteiger partial charge in [0, 0.05) is 18.0 Å². The molecule has 4 rings (SSSR count). The Hall–Kier alpha value is -3.85. The Morgan fingerprint density at radius 2 is 2.00 bits per heavy atom. The van der Waals surface area contributed by atoms with Gasteiger partial charge in [-0.3, -0.25) is 14.7 Å². The minimum absolute atomic E-state index is 0.116. The number of ether oxygens (including phenoxy) is 1. The maximum atomic E-state index is 13.1. The van der Waals surface area contributed by atoms with Crippen LogP contribution in [0.25, 0.3) is 0 Å². The first-order valence-corrected chi connectivity index (χ1v) is 8.86. The van der Waals surface area contributed by atoms with Crippen molar-refractivity contribution < 1.29 is 9.53 Å². The van der Waals surface area contributed by atoms with Crippen molar-refractivity contribution in [2.75, 3.05) is 17.3 Å². The molecule has 0 saturated carbocycles. The second-order valence-electron chi connectivity index (χ2n) is 6.39. The van der Waals surface area contributed by atoms with Gasteiger partial charge in [0.15, 0.2) is 6.17 Å². The highest BCUT2D eigenvalue weighted by Gasteiger charge is 2.39. The number of nitriles is 1. The van der Waals surface area contributed by atoms with Crippen LogP contribution in [0.5, 0.6) is 5.75 Å². The van der Waals surface area contributed by atoms with Crippen LogP contribution in [0.1, 0.15) is 27.8 Å². The molecular weight excluding hydrogens is 352 g/mol. The number of carbonyl (C=O) groups excluding carboxylic acids is 1. The first kappa shape index (κ1) is 17.6. The zero-order chi connectivity index (χ0) is 19.5. The fraction of sp³-hybridized carbons (Fsp3) is 0.136. The number of hydrogen-bond acceptors (Lipinski definition) is 5. The van der Waals surface area contributed by atoms with E-state index in [4.69, 9.17) is 10.00 Å². The highest BCUT2D eigenvalue weighted by atomic mass is 16.5. The van der Waals surface area contributed by atoms with Crippen LogP contribution in [-0.2, 0) is 6.42 Å². The third-order valence-electron chi connectivity index (χ3n) is 4.68. The van der Waals surface area contributed by atoms with Crippen molar-refractivity contribution in [3.8, 4) is 11.8 Å². The van der Waals surface area contributed by atoms with E-state index in [0.717, 1.165) is 16.9 Å². The zero-order valence-corrected chi connectivity index (χ0v) is 15.3. The van der Waals surface area contributed by atoms with E-state index in [-0.39, 0.29) is 5.91 Å². The van der Waals surface area contributed by atoms with Gasteiger partial charge in [0.1, 0.15) is 5.75 Å². The molecule has 1 aliphatic rings. The van der Waals surface area contributed by atoms with Gasteiger partial charge in [-0.25, -0.2) is 0 Å². The van der Waals surface area contributed by atoms with Gasteiger partial charge in [-0.05, 0) is 42.0 Å². The Morgan fingerprint density at radius 1 is 1.18 bits per heavy atom. The molecule has 0 bridgehead atoms. The lowest BCUT2D eigenvalue weighted by molar-refractivity contribution is 0.0993. The lowest BCUT2D eigenvalue weighted by Crippen LogP contribution is -2.32. The molecule has 28 heavy (non-hydrogen) atoms. The van der Waals surface area contributed by atoms with Crippen LogP contribution in [0.4, 0.5) is 11.4 Å². The third kappa shape index (κ3) is 3.14. The van der Waals surface area contributed by atoms with Gasteiger partial charge in [-0.2, -0.15) is 5.26 Å². The number of amides is 1. The highest BCUT2D eigenvalue weighted by Crippen LogP contribution is 2.37. The van der Waals surface area contributed by atoms with E-state index in [9.17, 15) is 4.79 Å². The van der Waals surface area contributed by atoms with Crippen molar-refractivity contribution in [3.63, 3.8) is 0 Å². The van der Waals surface area contributed by atoms with Gasteiger partial charge < -0.3 is 10.1 Å². The third-order valence-corrected chi connectivity index (χ3v) is 4.68. The maximum absolute atomic E-state index is 13.1. The molecule has 0 saturated heterocycles. The van der Waals surface area contributed by atoms with Crippen molar-refractivity contribution in [1.29, 1.82) is 5.26 Å². The molecule has 2 aromatic carbocycles. The predicted molar refractivity (Wildman–Crippen MR) is 106 cm³/mol. The van der Waals surface area contributed by atoms with Crippen LogP contribution in [0.3, 0.4) is 0 Å². The molecule has 1 atom stereocenters. The summed E-state index contributed by atoms with van der Waals surface area (Å²) in [5.41, 5.74) is 3.76. The van der Waals surface area contributed by atoms with Crippen LogP contribution in [0, 0.1) is 11.3 Å². The van der Waals surface area contributed by atoms with E-state index in [1.165, 1.54) is 0 Å². The second-order valence-corrected chi connectivity index (χ2v) is 6.39. The van der Waals surface area contributed by atoms with E-state index in [1.807, 2.05) is 48.5 Å². The average molecular weight is 370 g/mol. The van der Waals surface area contributed by atoms with Crippen molar-refractivity contribution in [2.24, 2.45) is 0 Å². The van der Waals surface area contributed by atoms with Gasteiger partial charge in [0.05, 0.1) is 36.5 Å². The Balaban J connectivity index is 1.72. The summed E-state index contributed by atoms with van der Waals surface area (Å²) in [6.07, 6.45) is 1.60. The summed E-state index contributed by atoms with van der Waals surface area (Å²) in [6, 6.07) is 20.7. The number of benzene rings is 2. The first-order valence-electron chi connectivity index (χ1n) is 8.86. The van der Waals surface area contributed by atoms with Crippen molar-refractivity contribution >= 4 is 17.3 Å². The van der Waals surface area contributed by atoms with Gasteiger partial charge in [0.25, 0.3) is 5.91 Å². The second kappa shape index (κ2) is 7.41. The number of aromatic nitrogens is 1. The van der Waals surface area contributed by atoms with E-state index in [2.05, 4.69) is 16.4 Å². The number of hydrogen-bond donors (Lipinski definition) is 1. The molecule has 6 nitrogen and oxygen atoms in total. The fourth-order valence-corrected chi connectivity index (χ4v) is 3.31. The van der Waals surface area contributed by atoms with E-state index in [0.29, 0.717) is 23.4 Å². The minimum Gasteiger partial charge on any atom is -0.497 e. The molecule has 0 aliphatic carbocycles. The number of methoxy groups -OCH3 is 1. The summed E-state index contributed by atoms with van der Waals surface area (Å²) in [5.74, 6) is 0.559. The number of rotatable bonds is 5. The average Bonchev–Trinajstić information content (AvgIpc) is 3.02. The smallest absolute Gasteiger partial charge is 0.262 e.